The second kappa shape index (κ2) is 6.49. The molecule has 2 heterocycles. The number of carbonyl (C=O) groups is 1. The molecule has 0 saturated carbocycles. The van der Waals surface area contributed by atoms with Crippen molar-refractivity contribution in [1.82, 2.24) is 9.97 Å². The summed E-state index contributed by atoms with van der Waals surface area (Å²) in [6.45, 7) is 3.20. The van der Waals surface area contributed by atoms with Gasteiger partial charge in [-0.2, -0.15) is 0 Å². The molecule has 0 N–H and O–H groups in total. The minimum Gasteiger partial charge on any atom is -0.449 e. The molecule has 1 atom stereocenters. The zero-order chi connectivity index (χ0) is 17.2. The standard InChI is InChI=1S/C18H15FN2O2S/c1-12(22)23-18(2,14-7-9-20-10-8-14)16-11-21-17(24-16)13-3-5-15(19)6-4-13/h3-11H,1-2H3. The van der Waals surface area contributed by atoms with Crippen molar-refractivity contribution < 1.29 is 13.9 Å². The van der Waals surface area contributed by atoms with Gasteiger partial charge in [-0.15, -0.1) is 11.3 Å². The molecule has 3 aromatic rings. The molecule has 0 bridgehead atoms. The molecular formula is C18H15FN2O2S. The van der Waals surface area contributed by atoms with Gasteiger partial charge in [-0.25, -0.2) is 9.37 Å². The van der Waals surface area contributed by atoms with Crippen LogP contribution in [0.25, 0.3) is 10.6 Å². The van der Waals surface area contributed by atoms with Gasteiger partial charge in [-0.1, -0.05) is 0 Å². The van der Waals surface area contributed by atoms with Crippen molar-refractivity contribution in [2.24, 2.45) is 0 Å². The third-order valence-corrected chi connectivity index (χ3v) is 4.90. The smallest absolute Gasteiger partial charge is 0.303 e. The second-order valence-corrected chi connectivity index (χ2v) is 6.43. The third kappa shape index (κ3) is 3.19. The van der Waals surface area contributed by atoms with E-state index in [2.05, 4.69) is 9.97 Å². The van der Waals surface area contributed by atoms with Gasteiger partial charge >= 0.3 is 5.97 Å². The van der Waals surface area contributed by atoms with Crippen LogP contribution in [-0.4, -0.2) is 15.9 Å². The molecule has 6 heteroatoms. The summed E-state index contributed by atoms with van der Waals surface area (Å²) >= 11 is 1.40. The van der Waals surface area contributed by atoms with Crippen LogP contribution >= 0.6 is 11.3 Å². The summed E-state index contributed by atoms with van der Waals surface area (Å²) < 4.78 is 18.7. The number of aromatic nitrogens is 2. The highest BCUT2D eigenvalue weighted by atomic mass is 32.1. The fourth-order valence-electron chi connectivity index (χ4n) is 2.43. The van der Waals surface area contributed by atoms with E-state index in [1.165, 1.54) is 30.4 Å². The molecule has 0 amide bonds. The van der Waals surface area contributed by atoms with Gasteiger partial charge in [0.2, 0.25) is 0 Å². The number of hydrogen-bond acceptors (Lipinski definition) is 5. The second-order valence-electron chi connectivity index (χ2n) is 5.40. The van der Waals surface area contributed by atoms with Crippen LogP contribution < -0.4 is 0 Å². The van der Waals surface area contributed by atoms with Crippen molar-refractivity contribution in [2.75, 3.05) is 0 Å². The Morgan fingerprint density at radius 2 is 1.83 bits per heavy atom. The van der Waals surface area contributed by atoms with Gasteiger partial charge in [0, 0.05) is 36.6 Å². The van der Waals surface area contributed by atoms with Crippen LogP contribution in [0.2, 0.25) is 0 Å². The van der Waals surface area contributed by atoms with Crippen LogP contribution in [0.15, 0.2) is 55.0 Å². The molecule has 0 aliphatic carbocycles. The molecule has 0 fully saturated rings. The molecule has 0 radical (unpaired) electrons. The number of carbonyl (C=O) groups excluding carboxylic acids is 1. The van der Waals surface area contributed by atoms with Gasteiger partial charge in [0.15, 0.2) is 5.60 Å². The average Bonchev–Trinajstić information content (AvgIpc) is 3.06. The normalized spacial score (nSPS) is 13.3. The number of hydrogen-bond donors (Lipinski definition) is 0. The van der Waals surface area contributed by atoms with Crippen LogP contribution in [0.5, 0.6) is 0 Å². The van der Waals surface area contributed by atoms with Crippen LogP contribution in [0, 0.1) is 5.82 Å². The minimum atomic E-state index is -0.954. The summed E-state index contributed by atoms with van der Waals surface area (Å²) in [4.78, 5) is 20.8. The summed E-state index contributed by atoms with van der Waals surface area (Å²) in [5.41, 5.74) is 0.666. The van der Waals surface area contributed by atoms with Gasteiger partial charge in [0.05, 0.1) is 4.88 Å². The van der Waals surface area contributed by atoms with Gasteiger partial charge in [-0.05, 0) is 43.3 Å². The molecule has 3 rings (SSSR count). The Labute approximate surface area is 143 Å². The number of halogens is 1. The van der Waals surface area contributed by atoms with Crippen LogP contribution in [-0.2, 0) is 15.1 Å². The highest BCUT2D eigenvalue weighted by Crippen LogP contribution is 2.39. The van der Waals surface area contributed by atoms with Gasteiger partial charge in [-0.3, -0.25) is 9.78 Å². The van der Waals surface area contributed by atoms with Crippen LogP contribution in [0.1, 0.15) is 24.3 Å². The first-order valence-electron chi connectivity index (χ1n) is 7.31. The van der Waals surface area contributed by atoms with E-state index in [9.17, 15) is 9.18 Å². The molecule has 0 spiro atoms. The number of ether oxygens (including phenoxy) is 1. The van der Waals surface area contributed by atoms with E-state index in [1.54, 1.807) is 42.9 Å². The third-order valence-electron chi connectivity index (χ3n) is 3.65. The van der Waals surface area contributed by atoms with E-state index in [1.807, 2.05) is 6.92 Å². The maximum absolute atomic E-state index is 13.1. The van der Waals surface area contributed by atoms with E-state index in [0.29, 0.717) is 0 Å². The Morgan fingerprint density at radius 3 is 2.46 bits per heavy atom. The molecule has 122 valence electrons. The monoisotopic (exact) mass is 342 g/mol. The van der Waals surface area contributed by atoms with Gasteiger partial charge in [0.25, 0.3) is 0 Å². The Balaban J connectivity index is 2.03. The van der Waals surface area contributed by atoms with Crippen LogP contribution in [0.4, 0.5) is 4.39 Å². The van der Waals surface area contributed by atoms with Crippen molar-refractivity contribution in [3.8, 4) is 10.6 Å². The molecular weight excluding hydrogens is 327 g/mol. The molecule has 4 nitrogen and oxygen atoms in total. The fourth-order valence-corrected chi connectivity index (χ4v) is 3.46. The average molecular weight is 342 g/mol. The largest absolute Gasteiger partial charge is 0.449 e. The lowest BCUT2D eigenvalue weighted by Crippen LogP contribution is -2.28. The summed E-state index contributed by atoms with van der Waals surface area (Å²) in [6.07, 6.45) is 4.99. The predicted molar refractivity (Wildman–Crippen MR) is 90.0 cm³/mol. The Morgan fingerprint density at radius 1 is 1.17 bits per heavy atom. The Kier molecular flexibility index (Phi) is 4.40. The van der Waals surface area contributed by atoms with Crippen molar-refractivity contribution in [3.05, 3.63) is 71.2 Å². The Hall–Kier alpha value is -2.60. The molecule has 1 unspecified atom stereocenters. The number of esters is 1. The number of pyridine rings is 1. The van der Waals surface area contributed by atoms with Gasteiger partial charge in [0.1, 0.15) is 10.8 Å². The lowest BCUT2D eigenvalue weighted by Gasteiger charge is -2.28. The summed E-state index contributed by atoms with van der Waals surface area (Å²) in [7, 11) is 0. The molecule has 0 saturated heterocycles. The van der Waals surface area contributed by atoms with Crippen molar-refractivity contribution in [1.29, 1.82) is 0 Å². The minimum absolute atomic E-state index is 0.294. The van der Waals surface area contributed by atoms with Crippen molar-refractivity contribution in [3.63, 3.8) is 0 Å². The van der Waals surface area contributed by atoms with E-state index >= 15 is 0 Å². The van der Waals surface area contributed by atoms with E-state index in [0.717, 1.165) is 21.0 Å². The van der Waals surface area contributed by atoms with Crippen molar-refractivity contribution in [2.45, 2.75) is 19.4 Å². The molecule has 24 heavy (non-hydrogen) atoms. The van der Waals surface area contributed by atoms with E-state index < -0.39 is 5.60 Å². The molecule has 0 aliphatic heterocycles. The lowest BCUT2D eigenvalue weighted by molar-refractivity contribution is -0.152. The van der Waals surface area contributed by atoms with Crippen LogP contribution in [0.3, 0.4) is 0 Å². The zero-order valence-corrected chi connectivity index (χ0v) is 14.0. The van der Waals surface area contributed by atoms with Crippen molar-refractivity contribution >= 4 is 17.3 Å². The van der Waals surface area contributed by atoms with E-state index in [-0.39, 0.29) is 11.8 Å². The quantitative estimate of drug-likeness (QED) is 0.668. The lowest BCUT2D eigenvalue weighted by atomic mass is 9.95. The maximum Gasteiger partial charge on any atom is 0.303 e. The van der Waals surface area contributed by atoms with Gasteiger partial charge < -0.3 is 4.74 Å². The first-order chi connectivity index (χ1) is 11.5. The molecule has 2 aromatic heterocycles. The fraction of sp³-hybridized carbons (Fsp3) is 0.167. The first-order valence-corrected chi connectivity index (χ1v) is 8.13. The Bertz CT molecular complexity index is 849. The summed E-state index contributed by atoms with van der Waals surface area (Å²) in [5, 5.41) is 0.734. The SMILES string of the molecule is CC(=O)OC(C)(c1ccncc1)c1cnc(-c2ccc(F)cc2)s1. The molecule has 1 aromatic carbocycles. The summed E-state index contributed by atoms with van der Waals surface area (Å²) in [6, 6.07) is 9.75. The molecule has 0 aliphatic rings. The predicted octanol–water partition coefficient (Wildman–Crippen LogP) is 4.17. The zero-order valence-electron chi connectivity index (χ0n) is 13.2. The number of benzene rings is 1. The number of thiazole rings is 1. The number of nitrogens with zero attached hydrogens (tertiary/aromatic N) is 2. The first kappa shape index (κ1) is 16.3. The topological polar surface area (TPSA) is 52.1 Å². The number of rotatable bonds is 4. The summed E-state index contributed by atoms with van der Waals surface area (Å²) in [5.74, 6) is -0.678. The highest BCUT2D eigenvalue weighted by molar-refractivity contribution is 7.15. The highest BCUT2D eigenvalue weighted by Gasteiger charge is 2.34. The van der Waals surface area contributed by atoms with E-state index in [4.69, 9.17) is 4.74 Å². The maximum atomic E-state index is 13.1.